The SMILES string of the molecule is COC1CCC2CC(NCc3ccccc3)CCC2C1. The molecule has 0 radical (unpaired) electrons. The molecule has 0 saturated heterocycles. The number of rotatable bonds is 4. The molecule has 1 aromatic carbocycles. The molecule has 1 aromatic rings. The normalized spacial score (nSPS) is 33.6. The van der Waals surface area contributed by atoms with Crippen molar-refractivity contribution in [2.75, 3.05) is 7.11 Å². The number of hydrogen-bond donors (Lipinski definition) is 1. The first kappa shape index (κ1) is 14.1. The van der Waals surface area contributed by atoms with Crippen molar-refractivity contribution in [1.29, 1.82) is 0 Å². The van der Waals surface area contributed by atoms with Crippen molar-refractivity contribution >= 4 is 0 Å². The summed E-state index contributed by atoms with van der Waals surface area (Å²) in [5.74, 6) is 1.85. The van der Waals surface area contributed by atoms with E-state index in [-0.39, 0.29) is 0 Å². The molecule has 110 valence electrons. The third-order valence-corrected chi connectivity index (χ3v) is 5.34. The second-order valence-corrected chi connectivity index (χ2v) is 6.57. The van der Waals surface area contributed by atoms with Crippen LogP contribution in [0.1, 0.15) is 44.1 Å². The van der Waals surface area contributed by atoms with E-state index < -0.39 is 0 Å². The van der Waals surface area contributed by atoms with Crippen LogP contribution >= 0.6 is 0 Å². The first-order valence-corrected chi connectivity index (χ1v) is 8.15. The summed E-state index contributed by atoms with van der Waals surface area (Å²) in [7, 11) is 1.87. The zero-order chi connectivity index (χ0) is 13.8. The summed E-state index contributed by atoms with van der Waals surface area (Å²) >= 11 is 0. The van der Waals surface area contributed by atoms with Gasteiger partial charge in [0.2, 0.25) is 0 Å². The molecule has 20 heavy (non-hydrogen) atoms. The molecule has 2 saturated carbocycles. The molecule has 2 heteroatoms. The van der Waals surface area contributed by atoms with Gasteiger partial charge < -0.3 is 10.1 Å². The fourth-order valence-corrected chi connectivity index (χ4v) is 4.10. The number of nitrogens with one attached hydrogen (secondary N) is 1. The van der Waals surface area contributed by atoms with Crippen LogP contribution in [0.3, 0.4) is 0 Å². The van der Waals surface area contributed by atoms with Gasteiger partial charge in [0.05, 0.1) is 6.10 Å². The van der Waals surface area contributed by atoms with Crippen molar-refractivity contribution in [1.82, 2.24) is 5.32 Å². The van der Waals surface area contributed by atoms with E-state index in [0.29, 0.717) is 6.10 Å². The summed E-state index contributed by atoms with van der Waals surface area (Å²) in [6, 6.07) is 11.5. The molecule has 0 spiro atoms. The summed E-state index contributed by atoms with van der Waals surface area (Å²) in [6.45, 7) is 1.02. The number of ether oxygens (including phenoxy) is 1. The fourth-order valence-electron chi connectivity index (χ4n) is 4.10. The highest BCUT2D eigenvalue weighted by Gasteiger charge is 2.35. The van der Waals surface area contributed by atoms with Gasteiger partial charge in [-0.3, -0.25) is 0 Å². The van der Waals surface area contributed by atoms with Gasteiger partial charge in [-0.1, -0.05) is 30.3 Å². The highest BCUT2D eigenvalue weighted by Crippen LogP contribution is 2.41. The maximum Gasteiger partial charge on any atom is 0.0574 e. The Morgan fingerprint density at radius 2 is 1.75 bits per heavy atom. The molecule has 4 atom stereocenters. The Labute approximate surface area is 122 Å². The van der Waals surface area contributed by atoms with Gasteiger partial charge in [0.25, 0.3) is 0 Å². The van der Waals surface area contributed by atoms with Gasteiger partial charge in [0, 0.05) is 19.7 Å². The Balaban J connectivity index is 1.47. The predicted molar refractivity (Wildman–Crippen MR) is 82.5 cm³/mol. The Morgan fingerprint density at radius 3 is 2.55 bits per heavy atom. The number of fused-ring (bicyclic) bond motifs is 1. The van der Waals surface area contributed by atoms with Gasteiger partial charge >= 0.3 is 0 Å². The largest absolute Gasteiger partial charge is 0.381 e. The van der Waals surface area contributed by atoms with Gasteiger partial charge in [-0.25, -0.2) is 0 Å². The Kier molecular flexibility index (Phi) is 4.74. The van der Waals surface area contributed by atoms with Gasteiger partial charge in [-0.05, 0) is 55.9 Å². The van der Waals surface area contributed by atoms with E-state index in [4.69, 9.17) is 4.74 Å². The summed E-state index contributed by atoms with van der Waals surface area (Å²) in [5.41, 5.74) is 1.40. The minimum absolute atomic E-state index is 0.532. The van der Waals surface area contributed by atoms with E-state index in [9.17, 15) is 0 Å². The summed E-state index contributed by atoms with van der Waals surface area (Å²) in [4.78, 5) is 0. The molecular weight excluding hydrogens is 246 g/mol. The zero-order valence-corrected chi connectivity index (χ0v) is 12.6. The third-order valence-electron chi connectivity index (χ3n) is 5.34. The van der Waals surface area contributed by atoms with Crippen LogP contribution in [0.4, 0.5) is 0 Å². The Hall–Kier alpha value is -0.860. The lowest BCUT2D eigenvalue weighted by Gasteiger charge is -2.42. The van der Waals surface area contributed by atoms with Crippen LogP contribution < -0.4 is 5.32 Å². The van der Waals surface area contributed by atoms with Crippen molar-refractivity contribution in [3.8, 4) is 0 Å². The number of benzene rings is 1. The average molecular weight is 273 g/mol. The molecule has 0 heterocycles. The fraction of sp³-hybridized carbons (Fsp3) is 0.667. The Bertz CT molecular complexity index is 405. The molecule has 0 amide bonds. The van der Waals surface area contributed by atoms with E-state index in [1.165, 1.54) is 44.1 Å². The minimum Gasteiger partial charge on any atom is -0.381 e. The standard InChI is InChI=1S/C18H27NO/c1-20-18-10-8-15-11-17(9-7-16(15)12-18)19-13-14-5-3-2-4-6-14/h2-6,15-19H,7-13H2,1H3. The van der Waals surface area contributed by atoms with Crippen molar-refractivity contribution in [3.05, 3.63) is 35.9 Å². The van der Waals surface area contributed by atoms with E-state index in [0.717, 1.165) is 24.4 Å². The number of hydrogen-bond acceptors (Lipinski definition) is 2. The van der Waals surface area contributed by atoms with Gasteiger partial charge in [-0.15, -0.1) is 0 Å². The average Bonchev–Trinajstić information content (AvgIpc) is 2.53. The smallest absolute Gasteiger partial charge is 0.0574 e. The topological polar surface area (TPSA) is 21.3 Å². The van der Waals surface area contributed by atoms with E-state index in [1.54, 1.807) is 0 Å². The van der Waals surface area contributed by atoms with Crippen LogP contribution in [0.2, 0.25) is 0 Å². The summed E-state index contributed by atoms with van der Waals surface area (Å²) < 4.78 is 5.56. The molecule has 2 nitrogen and oxygen atoms in total. The summed E-state index contributed by atoms with van der Waals surface area (Å²) in [6.07, 6.45) is 8.56. The maximum atomic E-state index is 5.56. The van der Waals surface area contributed by atoms with Crippen molar-refractivity contribution in [2.24, 2.45) is 11.8 Å². The first-order valence-electron chi connectivity index (χ1n) is 8.15. The Morgan fingerprint density at radius 1 is 1.00 bits per heavy atom. The second-order valence-electron chi connectivity index (χ2n) is 6.57. The lowest BCUT2D eigenvalue weighted by atomic mass is 9.68. The van der Waals surface area contributed by atoms with E-state index in [2.05, 4.69) is 35.6 Å². The van der Waals surface area contributed by atoms with Gasteiger partial charge in [-0.2, -0.15) is 0 Å². The van der Waals surface area contributed by atoms with E-state index >= 15 is 0 Å². The van der Waals surface area contributed by atoms with Crippen molar-refractivity contribution < 1.29 is 4.74 Å². The molecule has 0 aromatic heterocycles. The van der Waals surface area contributed by atoms with Gasteiger partial charge in [0.1, 0.15) is 0 Å². The van der Waals surface area contributed by atoms with Crippen LogP contribution in [0.25, 0.3) is 0 Å². The second kappa shape index (κ2) is 6.73. The van der Waals surface area contributed by atoms with Gasteiger partial charge in [0.15, 0.2) is 0 Å². The van der Waals surface area contributed by atoms with Crippen LogP contribution in [0.15, 0.2) is 30.3 Å². The lowest BCUT2D eigenvalue weighted by Crippen LogP contribution is -2.40. The first-order chi connectivity index (χ1) is 9.85. The highest BCUT2D eigenvalue weighted by molar-refractivity contribution is 5.14. The highest BCUT2D eigenvalue weighted by atomic mass is 16.5. The molecule has 3 rings (SSSR count). The van der Waals surface area contributed by atoms with Crippen LogP contribution in [0, 0.1) is 11.8 Å². The predicted octanol–water partition coefficient (Wildman–Crippen LogP) is 3.76. The van der Waals surface area contributed by atoms with Crippen LogP contribution in [0.5, 0.6) is 0 Å². The minimum atomic E-state index is 0.532. The monoisotopic (exact) mass is 273 g/mol. The lowest BCUT2D eigenvalue weighted by molar-refractivity contribution is 0.0103. The molecule has 2 fully saturated rings. The molecule has 2 aliphatic rings. The molecule has 4 unspecified atom stereocenters. The molecule has 0 aliphatic heterocycles. The third kappa shape index (κ3) is 3.42. The molecule has 1 N–H and O–H groups in total. The number of methoxy groups -OCH3 is 1. The zero-order valence-electron chi connectivity index (χ0n) is 12.6. The van der Waals surface area contributed by atoms with Crippen molar-refractivity contribution in [2.45, 2.75) is 57.2 Å². The molecular formula is C18H27NO. The van der Waals surface area contributed by atoms with Crippen LogP contribution in [-0.2, 0) is 11.3 Å². The molecule has 2 aliphatic carbocycles. The van der Waals surface area contributed by atoms with Crippen molar-refractivity contribution in [3.63, 3.8) is 0 Å². The summed E-state index contributed by atoms with van der Waals surface area (Å²) in [5, 5.41) is 3.76. The van der Waals surface area contributed by atoms with E-state index in [1.807, 2.05) is 7.11 Å². The molecule has 0 bridgehead atoms. The van der Waals surface area contributed by atoms with Crippen LogP contribution in [-0.4, -0.2) is 19.3 Å². The quantitative estimate of drug-likeness (QED) is 0.902. The maximum absolute atomic E-state index is 5.56.